The first-order valence-corrected chi connectivity index (χ1v) is 8.16. The molecule has 1 aromatic carbocycles. The molecule has 0 radical (unpaired) electrons. The zero-order valence-corrected chi connectivity index (χ0v) is 14.3. The van der Waals surface area contributed by atoms with Crippen LogP contribution in [0.3, 0.4) is 0 Å². The van der Waals surface area contributed by atoms with E-state index in [0.29, 0.717) is 0 Å². The van der Waals surface area contributed by atoms with Crippen molar-refractivity contribution in [1.82, 2.24) is 5.32 Å². The lowest BCUT2D eigenvalue weighted by atomic mass is 9.71. The highest BCUT2D eigenvalue weighted by Crippen LogP contribution is 2.36. The molecule has 0 aromatic heterocycles. The molecular formula is C19H33N. The molecular weight excluding hydrogens is 242 g/mol. The summed E-state index contributed by atoms with van der Waals surface area (Å²) in [4.78, 5) is 0. The zero-order valence-electron chi connectivity index (χ0n) is 14.3. The van der Waals surface area contributed by atoms with Gasteiger partial charge in [-0.3, -0.25) is 0 Å². The SMILES string of the molecule is CCCC(CCC)(CNC(C)(C)C)c1ccccc1C. The Morgan fingerprint density at radius 1 is 0.950 bits per heavy atom. The maximum Gasteiger partial charge on any atom is 0.00968 e. The smallest absolute Gasteiger partial charge is 0.00968 e. The predicted octanol–water partition coefficient (Wildman–Crippen LogP) is 5.22. The Balaban J connectivity index is 3.13. The van der Waals surface area contributed by atoms with Gasteiger partial charge in [0.2, 0.25) is 0 Å². The zero-order chi connectivity index (χ0) is 15.2. The first-order valence-electron chi connectivity index (χ1n) is 8.16. The number of rotatable bonds is 7. The Morgan fingerprint density at radius 3 is 1.95 bits per heavy atom. The van der Waals surface area contributed by atoms with Crippen molar-refractivity contribution in [3.63, 3.8) is 0 Å². The normalized spacial score (nSPS) is 12.7. The second kappa shape index (κ2) is 7.26. The maximum atomic E-state index is 3.76. The van der Waals surface area contributed by atoms with Gasteiger partial charge in [0.1, 0.15) is 0 Å². The lowest BCUT2D eigenvalue weighted by Gasteiger charge is -2.38. The number of nitrogens with one attached hydrogen (secondary N) is 1. The van der Waals surface area contributed by atoms with Crippen LogP contribution in [0.15, 0.2) is 24.3 Å². The van der Waals surface area contributed by atoms with Crippen molar-refractivity contribution < 1.29 is 0 Å². The topological polar surface area (TPSA) is 12.0 Å². The van der Waals surface area contributed by atoms with Crippen LogP contribution in [0.1, 0.15) is 71.4 Å². The van der Waals surface area contributed by atoms with E-state index in [4.69, 9.17) is 0 Å². The molecule has 0 aliphatic heterocycles. The first kappa shape index (κ1) is 17.2. The Morgan fingerprint density at radius 2 is 1.50 bits per heavy atom. The average molecular weight is 275 g/mol. The Hall–Kier alpha value is -0.820. The van der Waals surface area contributed by atoms with Crippen molar-refractivity contribution in [2.45, 2.75) is 78.2 Å². The van der Waals surface area contributed by atoms with Gasteiger partial charge in [-0.25, -0.2) is 0 Å². The van der Waals surface area contributed by atoms with Gasteiger partial charge in [-0.1, -0.05) is 51.0 Å². The first-order chi connectivity index (χ1) is 9.34. The lowest BCUT2D eigenvalue weighted by molar-refractivity contribution is 0.291. The standard InChI is InChI=1S/C19H33N/c1-7-13-19(14-8-2,15-20-18(4,5)6)17-12-10-9-11-16(17)3/h9-12,20H,7-8,13-15H2,1-6H3. The third-order valence-corrected chi connectivity index (χ3v) is 4.13. The minimum absolute atomic E-state index is 0.176. The van der Waals surface area contributed by atoms with Gasteiger partial charge in [0.25, 0.3) is 0 Å². The second-order valence-electron chi connectivity index (χ2n) is 7.20. The molecule has 0 spiro atoms. The van der Waals surface area contributed by atoms with Crippen LogP contribution in [0, 0.1) is 6.92 Å². The van der Waals surface area contributed by atoms with Crippen molar-refractivity contribution in [2.24, 2.45) is 0 Å². The fourth-order valence-corrected chi connectivity index (χ4v) is 3.23. The lowest BCUT2D eigenvalue weighted by Crippen LogP contribution is -2.46. The third-order valence-electron chi connectivity index (χ3n) is 4.13. The third kappa shape index (κ3) is 4.63. The van der Waals surface area contributed by atoms with E-state index in [9.17, 15) is 0 Å². The van der Waals surface area contributed by atoms with Crippen LogP contribution in [0.25, 0.3) is 0 Å². The summed E-state index contributed by atoms with van der Waals surface area (Å²) in [7, 11) is 0. The van der Waals surface area contributed by atoms with Crippen LogP contribution in [-0.4, -0.2) is 12.1 Å². The van der Waals surface area contributed by atoms with Gasteiger partial charge >= 0.3 is 0 Å². The van der Waals surface area contributed by atoms with E-state index < -0.39 is 0 Å². The molecule has 0 aliphatic rings. The summed E-state index contributed by atoms with van der Waals surface area (Å²) in [6, 6.07) is 8.94. The number of hydrogen-bond donors (Lipinski definition) is 1. The average Bonchev–Trinajstić information content (AvgIpc) is 2.36. The summed E-state index contributed by atoms with van der Waals surface area (Å²) in [5.74, 6) is 0. The van der Waals surface area contributed by atoms with E-state index in [0.717, 1.165) is 6.54 Å². The van der Waals surface area contributed by atoms with Crippen molar-refractivity contribution in [2.75, 3.05) is 6.54 Å². The monoisotopic (exact) mass is 275 g/mol. The molecule has 1 N–H and O–H groups in total. The molecule has 20 heavy (non-hydrogen) atoms. The molecule has 0 amide bonds. The van der Waals surface area contributed by atoms with Crippen LogP contribution in [0.4, 0.5) is 0 Å². The molecule has 1 rings (SSSR count). The summed E-state index contributed by atoms with van der Waals surface area (Å²) in [5, 5.41) is 3.76. The molecule has 114 valence electrons. The highest BCUT2D eigenvalue weighted by Gasteiger charge is 2.32. The maximum absolute atomic E-state index is 3.76. The summed E-state index contributed by atoms with van der Waals surface area (Å²) >= 11 is 0. The van der Waals surface area contributed by atoms with E-state index in [1.54, 1.807) is 5.56 Å². The molecule has 0 saturated heterocycles. The van der Waals surface area contributed by atoms with Gasteiger partial charge in [-0.05, 0) is 51.7 Å². The van der Waals surface area contributed by atoms with Gasteiger partial charge in [0.05, 0.1) is 0 Å². The largest absolute Gasteiger partial charge is 0.311 e. The fourth-order valence-electron chi connectivity index (χ4n) is 3.23. The second-order valence-corrected chi connectivity index (χ2v) is 7.20. The molecule has 0 saturated carbocycles. The Bertz CT molecular complexity index is 394. The highest BCUT2D eigenvalue weighted by atomic mass is 15.0. The van der Waals surface area contributed by atoms with Crippen LogP contribution >= 0.6 is 0 Å². The predicted molar refractivity (Wildman–Crippen MR) is 90.4 cm³/mol. The highest BCUT2D eigenvalue weighted by molar-refractivity contribution is 5.34. The van der Waals surface area contributed by atoms with Gasteiger partial charge < -0.3 is 5.32 Å². The van der Waals surface area contributed by atoms with Crippen molar-refractivity contribution in [3.8, 4) is 0 Å². The number of hydrogen-bond acceptors (Lipinski definition) is 1. The molecule has 0 aliphatic carbocycles. The molecule has 1 aromatic rings. The number of aryl methyl sites for hydroxylation is 1. The van der Waals surface area contributed by atoms with E-state index in [1.807, 2.05) is 0 Å². The minimum atomic E-state index is 0.176. The molecule has 0 heterocycles. The van der Waals surface area contributed by atoms with Crippen molar-refractivity contribution in [1.29, 1.82) is 0 Å². The van der Waals surface area contributed by atoms with Gasteiger partial charge in [-0.2, -0.15) is 0 Å². The van der Waals surface area contributed by atoms with Gasteiger partial charge in [0.15, 0.2) is 0 Å². The van der Waals surface area contributed by atoms with Crippen molar-refractivity contribution >= 4 is 0 Å². The summed E-state index contributed by atoms with van der Waals surface area (Å²) in [6.45, 7) is 14.7. The van der Waals surface area contributed by atoms with Crippen LogP contribution in [0.5, 0.6) is 0 Å². The molecule has 0 bridgehead atoms. The molecule has 0 fully saturated rings. The van der Waals surface area contributed by atoms with Gasteiger partial charge in [-0.15, -0.1) is 0 Å². The fraction of sp³-hybridized carbons (Fsp3) is 0.684. The quantitative estimate of drug-likeness (QED) is 0.719. The Labute approximate surface area is 126 Å². The van der Waals surface area contributed by atoms with Gasteiger partial charge in [0, 0.05) is 17.5 Å². The molecule has 0 atom stereocenters. The molecule has 0 unspecified atom stereocenters. The van der Waals surface area contributed by atoms with Crippen LogP contribution < -0.4 is 5.32 Å². The van der Waals surface area contributed by atoms with Crippen LogP contribution in [0.2, 0.25) is 0 Å². The summed E-state index contributed by atoms with van der Waals surface area (Å²) < 4.78 is 0. The van der Waals surface area contributed by atoms with E-state index >= 15 is 0 Å². The van der Waals surface area contributed by atoms with Crippen LogP contribution in [-0.2, 0) is 5.41 Å². The number of benzene rings is 1. The van der Waals surface area contributed by atoms with E-state index in [1.165, 1.54) is 31.2 Å². The minimum Gasteiger partial charge on any atom is -0.311 e. The summed E-state index contributed by atoms with van der Waals surface area (Å²) in [6.07, 6.45) is 4.99. The molecule has 1 heteroatoms. The summed E-state index contributed by atoms with van der Waals surface area (Å²) in [5.41, 5.74) is 3.43. The molecule has 1 nitrogen and oxygen atoms in total. The Kier molecular flexibility index (Phi) is 6.26. The van der Waals surface area contributed by atoms with E-state index in [2.05, 4.69) is 71.1 Å². The van der Waals surface area contributed by atoms with Crippen molar-refractivity contribution in [3.05, 3.63) is 35.4 Å². The van der Waals surface area contributed by atoms with E-state index in [-0.39, 0.29) is 11.0 Å².